The van der Waals surface area contributed by atoms with Crippen LogP contribution in [0.4, 0.5) is 0 Å². The molecule has 2 unspecified atom stereocenters. The molecule has 19 heavy (non-hydrogen) atoms. The second-order valence-corrected chi connectivity index (χ2v) is 6.79. The Hall–Kier alpha value is -0.700. The number of hydrogen-bond acceptors (Lipinski definition) is 5. The van der Waals surface area contributed by atoms with Crippen molar-refractivity contribution in [1.29, 1.82) is 0 Å². The van der Waals surface area contributed by atoms with Gasteiger partial charge in [-0.05, 0) is 13.8 Å². The third kappa shape index (κ3) is 4.41. The first kappa shape index (κ1) is 16.4. The third-order valence-electron chi connectivity index (χ3n) is 2.99. The lowest BCUT2D eigenvalue weighted by molar-refractivity contribution is -0.140. The minimum absolute atomic E-state index is 0.0560. The first-order valence-electron chi connectivity index (χ1n) is 6.14. The summed E-state index contributed by atoms with van der Waals surface area (Å²) in [6.07, 6.45) is -0.256. The van der Waals surface area contributed by atoms with Gasteiger partial charge in [-0.3, -0.25) is 4.79 Å². The minimum atomic E-state index is -3.65. The van der Waals surface area contributed by atoms with Crippen LogP contribution in [-0.2, 0) is 24.3 Å². The normalized spacial score (nSPS) is 25.1. The van der Waals surface area contributed by atoms with Gasteiger partial charge in [-0.2, -0.15) is 4.31 Å². The fourth-order valence-corrected chi connectivity index (χ4v) is 3.48. The molecule has 0 radical (unpaired) electrons. The van der Waals surface area contributed by atoms with Crippen LogP contribution in [0.3, 0.4) is 0 Å². The number of carbonyl (C=O) groups is 1. The Kier molecular flexibility index (Phi) is 5.72. The van der Waals surface area contributed by atoms with Gasteiger partial charge in [-0.1, -0.05) is 0 Å². The van der Waals surface area contributed by atoms with Crippen LogP contribution in [-0.4, -0.2) is 68.1 Å². The van der Waals surface area contributed by atoms with E-state index in [1.165, 1.54) is 7.11 Å². The summed E-state index contributed by atoms with van der Waals surface area (Å²) in [6, 6.07) is -1.05. The second kappa shape index (κ2) is 6.65. The average molecular weight is 295 g/mol. The van der Waals surface area contributed by atoms with E-state index in [0.717, 1.165) is 4.31 Å². The van der Waals surface area contributed by atoms with Crippen molar-refractivity contribution in [1.82, 2.24) is 4.31 Å². The van der Waals surface area contributed by atoms with E-state index in [1.54, 1.807) is 0 Å². The van der Waals surface area contributed by atoms with Crippen LogP contribution < -0.4 is 0 Å². The monoisotopic (exact) mass is 295 g/mol. The Morgan fingerprint density at radius 3 is 2.58 bits per heavy atom. The molecule has 1 fully saturated rings. The van der Waals surface area contributed by atoms with E-state index in [9.17, 15) is 13.2 Å². The summed E-state index contributed by atoms with van der Waals surface area (Å²) in [5, 5.41) is 9.08. The van der Waals surface area contributed by atoms with Gasteiger partial charge in [0.25, 0.3) is 0 Å². The number of nitrogens with zero attached hydrogens (tertiary/aromatic N) is 1. The van der Waals surface area contributed by atoms with Crippen LogP contribution in [0.2, 0.25) is 0 Å². The SMILES string of the molecule is COC1CC(C(=O)O)N(S(=O)(=O)CCOC(C)C)C1. The van der Waals surface area contributed by atoms with Crippen molar-refractivity contribution in [3.05, 3.63) is 0 Å². The molecule has 112 valence electrons. The molecule has 1 heterocycles. The molecule has 7 nitrogen and oxygen atoms in total. The molecule has 0 bridgehead atoms. The molecule has 1 N–H and O–H groups in total. The van der Waals surface area contributed by atoms with Gasteiger partial charge in [-0.15, -0.1) is 0 Å². The summed E-state index contributed by atoms with van der Waals surface area (Å²) in [5.41, 5.74) is 0. The predicted octanol–water partition coefficient (Wildman–Crippen LogP) is -0.0849. The second-order valence-electron chi connectivity index (χ2n) is 4.75. The molecule has 0 spiro atoms. The number of methoxy groups -OCH3 is 1. The van der Waals surface area contributed by atoms with Crippen LogP contribution in [0.5, 0.6) is 0 Å². The van der Waals surface area contributed by atoms with Crippen molar-refractivity contribution in [2.24, 2.45) is 0 Å². The lowest BCUT2D eigenvalue weighted by Gasteiger charge is -2.21. The zero-order chi connectivity index (χ0) is 14.6. The molecule has 1 aliphatic heterocycles. The molecule has 1 saturated heterocycles. The van der Waals surface area contributed by atoms with Gasteiger partial charge in [-0.25, -0.2) is 8.42 Å². The average Bonchev–Trinajstić information content (AvgIpc) is 2.72. The molecule has 0 aliphatic carbocycles. The van der Waals surface area contributed by atoms with E-state index in [2.05, 4.69) is 0 Å². The van der Waals surface area contributed by atoms with Gasteiger partial charge < -0.3 is 14.6 Å². The smallest absolute Gasteiger partial charge is 0.322 e. The van der Waals surface area contributed by atoms with Gasteiger partial charge >= 0.3 is 5.97 Å². The van der Waals surface area contributed by atoms with Crippen molar-refractivity contribution >= 4 is 16.0 Å². The molecule has 8 heteroatoms. The maximum absolute atomic E-state index is 12.1. The highest BCUT2D eigenvalue weighted by molar-refractivity contribution is 7.89. The van der Waals surface area contributed by atoms with Crippen LogP contribution >= 0.6 is 0 Å². The highest BCUT2D eigenvalue weighted by Gasteiger charge is 2.43. The minimum Gasteiger partial charge on any atom is -0.480 e. The Morgan fingerprint density at radius 2 is 2.11 bits per heavy atom. The lowest BCUT2D eigenvalue weighted by atomic mass is 10.2. The third-order valence-corrected chi connectivity index (χ3v) is 4.79. The molecule has 1 rings (SSSR count). The van der Waals surface area contributed by atoms with E-state index in [4.69, 9.17) is 14.6 Å². The zero-order valence-electron chi connectivity index (χ0n) is 11.4. The number of ether oxygens (including phenoxy) is 2. The predicted molar refractivity (Wildman–Crippen MR) is 68.4 cm³/mol. The van der Waals surface area contributed by atoms with Gasteiger partial charge in [0.2, 0.25) is 10.0 Å². The van der Waals surface area contributed by atoms with Crippen LogP contribution in [0.1, 0.15) is 20.3 Å². The standard InChI is InChI=1S/C11H21NO6S/c1-8(2)18-4-5-19(15,16)12-7-9(17-3)6-10(12)11(13)14/h8-10H,4-7H2,1-3H3,(H,13,14). The summed E-state index contributed by atoms with van der Waals surface area (Å²) < 4.78 is 35.5. The molecule has 0 saturated carbocycles. The quantitative estimate of drug-likeness (QED) is 0.706. The maximum atomic E-state index is 12.1. The summed E-state index contributed by atoms with van der Waals surface area (Å²) in [6.45, 7) is 3.75. The van der Waals surface area contributed by atoms with E-state index < -0.39 is 22.0 Å². The van der Waals surface area contributed by atoms with E-state index in [-0.39, 0.29) is 37.5 Å². The van der Waals surface area contributed by atoms with Crippen molar-refractivity contribution in [3.63, 3.8) is 0 Å². The van der Waals surface area contributed by atoms with Crippen molar-refractivity contribution in [2.45, 2.75) is 38.5 Å². The zero-order valence-corrected chi connectivity index (χ0v) is 12.2. The van der Waals surface area contributed by atoms with E-state index in [1.807, 2.05) is 13.8 Å². The molecule has 0 aromatic rings. The molecular formula is C11H21NO6S. The van der Waals surface area contributed by atoms with Gasteiger partial charge in [0.15, 0.2) is 0 Å². The Morgan fingerprint density at radius 1 is 1.47 bits per heavy atom. The van der Waals surface area contributed by atoms with Crippen LogP contribution in [0.15, 0.2) is 0 Å². The lowest BCUT2D eigenvalue weighted by Crippen LogP contribution is -2.42. The van der Waals surface area contributed by atoms with Crippen molar-refractivity contribution in [2.75, 3.05) is 26.0 Å². The fraction of sp³-hybridized carbons (Fsp3) is 0.909. The van der Waals surface area contributed by atoms with E-state index >= 15 is 0 Å². The van der Waals surface area contributed by atoms with Crippen molar-refractivity contribution in [3.8, 4) is 0 Å². The molecular weight excluding hydrogens is 274 g/mol. The summed E-state index contributed by atoms with van der Waals surface area (Å²) >= 11 is 0. The Balaban J connectivity index is 2.72. The Labute approximate surface area is 113 Å². The molecule has 0 aromatic carbocycles. The number of carboxylic acids is 1. The largest absolute Gasteiger partial charge is 0.480 e. The Bertz CT molecular complexity index is 407. The van der Waals surface area contributed by atoms with Gasteiger partial charge in [0.1, 0.15) is 6.04 Å². The highest BCUT2D eigenvalue weighted by atomic mass is 32.2. The fourth-order valence-electron chi connectivity index (χ4n) is 1.98. The maximum Gasteiger partial charge on any atom is 0.322 e. The molecule has 2 atom stereocenters. The van der Waals surface area contributed by atoms with Crippen LogP contribution in [0.25, 0.3) is 0 Å². The van der Waals surface area contributed by atoms with E-state index in [0.29, 0.717) is 0 Å². The summed E-state index contributed by atoms with van der Waals surface area (Å²) in [5.74, 6) is -1.36. The van der Waals surface area contributed by atoms with Crippen LogP contribution in [0, 0.1) is 0 Å². The first-order chi connectivity index (χ1) is 8.77. The summed E-state index contributed by atoms with van der Waals surface area (Å²) in [7, 11) is -2.20. The number of rotatable bonds is 7. The first-order valence-corrected chi connectivity index (χ1v) is 7.75. The highest BCUT2D eigenvalue weighted by Crippen LogP contribution is 2.23. The van der Waals surface area contributed by atoms with Gasteiger partial charge in [0, 0.05) is 20.1 Å². The molecule has 0 amide bonds. The molecule has 1 aliphatic rings. The number of sulfonamides is 1. The summed E-state index contributed by atoms with van der Waals surface area (Å²) in [4.78, 5) is 11.1. The number of carboxylic acid groups (broad SMARTS) is 1. The molecule has 0 aromatic heterocycles. The number of aliphatic carboxylic acids is 1. The van der Waals surface area contributed by atoms with Gasteiger partial charge in [0.05, 0.1) is 24.6 Å². The van der Waals surface area contributed by atoms with Crippen molar-refractivity contribution < 1.29 is 27.8 Å². The number of hydrogen-bond donors (Lipinski definition) is 1. The topological polar surface area (TPSA) is 93.1 Å².